The first-order valence-electron chi connectivity index (χ1n) is 6.18. The summed E-state index contributed by atoms with van der Waals surface area (Å²) in [5, 5.41) is 0. The van der Waals surface area contributed by atoms with Gasteiger partial charge in [0.25, 0.3) is 0 Å². The van der Waals surface area contributed by atoms with Crippen molar-refractivity contribution in [1.82, 2.24) is 10.4 Å². The van der Waals surface area contributed by atoms with Crippen molar-refractivity contribution in [3.63, 3.8) is 0 Å². The molecule has 1 heterocycles. The van der Waals surface area contributed by atoms with Crippen LogP contribution in [0.4, 0.5) is 13.2 Å². The Balaban J connectivity index is 2.05. The first-order chi connectivity index (χ1) is 9.98. The fraction of sp³-hybridized carbons (Fsp3) is 0.214. The number of rotatable bonds is 5. The maximum absolute atomic E-state index is 12.1. The zero-order valence-electron chi connectivity index (χ0n) is 11.0. The van der Waals surface area contributed by atoms with Crippen molar-refractivity contribution in [2.45, 2.75) is 18.8 Å². The topological polar surface area (TPSA) is 60.2 Å². The van der Waals surface area contributed by atoms with Crippen LogP contribution in [0.25, 0.3) is 0 Å². The predicted octanol–water partition coefficient (Wildman–Crippen LogP) is 2.73. The van der Waals surface area contributed by atoms with E-state index in [1.165, 1.54) is 12.1 Å². The number of ether oxygens (including phenoxy) is 1. The van der Waals surface area contributed by atoms with Gasteiger partial charge in [0.2, 0.25) is 0 Å². The molecule has 1 unspecified atom stereocenters. The molecule has 7 heteroatoms. The Labute approximate surface area is 119 Å². The summed E-state index contributed by atoms with van der Waals surface area (Å²) >= 11 is 0. The molecule has 112 valence electrons. The number of alkyl halides is 3. The van der Waals surface area contributed by atoms with Gasteiger partial charge in [-0.3, -0.25) is 16.3 Å². The number of nitrogens with two attached hydrogens (primary N) is 1. The molecule has 2 rings (SSSR count). The number of nitrogens with zero attached hydrogens (tertiary/aromatic N) is 1. The third kappa shape index (κ3) is 4.73. The Morgan fingerprint density at radius 1 is 1.10 bits per heavy atom. The smallest absolute Gasteiger partial charge is 0.406 e. The molecule has 0 saturated carbocycles. The Bertz CT molecular complexity index is 558. The monoisotopic (exact) mass is 297 g/mol. The van der Waals surface area contributed by atoms with Crippen molar-refractivity contribution in [2.24, 2.45) is 5.84 Å². The van der Waals surface area contributed by atoms with E-state index in [0.29, 0.717) is 6.42 Å². The lowest BCUT2D eigenvalue weighted by atomic mass is 10.0. The Morgan fingerprint density at radius 2 is 1.71 bits per heavy atom. The van der Waals surface area contributed by atoms with E-state index in [4.69, 9.17) is 5.84 Å². The molecule has 4 nitrogen and oxygen atoms in total. The van der Waals surface area contributed by atoms with E-state index in [1.807, 2.05) is 12.1 Å². The molecule has 0 aliphatic carbocycles. The van der Waals surface area contributed by atoms with E-state index in [-0.39, 0.29) is 11.8 Å². The van der Waals surface area contributed by atoms with E-state index in [9.17, 15) is 13.2 Å². The second-order valence-corrected chi connectivity index (χ2v) is 4.40. The average Bonchev–Trinajstić information content (AvgIpc) is 2.46. The lowest BCUT2D eigenvalue weighted by molar-refractivity contribution is -0.274. The first kappa shape index (κ1) is 15.3. The van der Waals surface area contributed by atoms with E-state index in [2.05, 4.69) is 15.1 Å². The first-order valence-corrected chi connectivity index (χ1v) is 6.18. The van der Waals surface area contributed by atoms with E-state index < -0.39 is 6.36 Å². The molecule has 0 aliphatic heterocycles. The second-order valence-electron chi connectivity index (χ2n) is 4.40. The molecule has 0 bridgehead atoms. The molecule has 1 atom stereocenters. The van der Waals surface area contributed by atoms with Crippen LogP contribution in [0.1, 0.15) is 17.2 Å². The number of nitrogens with one attached hydrogen (secondary N) is 1. The van der Waals surface area contributed by atoms with Crippen LogP contribution in [0.5, 0.6) is 5.75 Å². The van der Waals surface area contributed by atoms with Crippen molar-refractivity contribution in [3.8, 4) is 5.75 Å². The van der Waals surface area contributed by atoms with Gasteiger partial charge in [-0.1, -0.05) is 12.1 Å². The third-order valence-electron chi connectivity index (χ3n) is 2.91. The van der Waals surface area contributed by atoms with Gasteiger partial charge < -0.3 is 4.74 Å². The zero-order valence-corrected chi connectivity index (χ0v) is 11.0. The maximum atomic E-state index is 12.1. The quantitative estimate of drug-likeness (QED) is 0.658. The average molecular weight is 297 g/mol. The van der Waals surface area contributed by atoms with Crippen LogP contribution in [0.3, 0.4) is 0 Å². The van der Waals surface area contributed by atoms with Gasteiger partial charge >= 0.3 is 6.36 Å². The molecule has 1 aromatic heterocycles. The highest BCUT2D eigenvalue weighted by Crippen LogP contribution is 2.24. The minimum atomic E-state index is -4.68. The SMILES string of the molecule is NNC(Cc1ccc(OC(F)(F)F)cc1)c1ccncc1. The Hall–Kier alpha value is -2.12. The lowest BCUT2D eigenvalue weighted by Crippen LogP contribution is -2.29. The van der Waals surface area contributed by atoms with Gasteiger partial charge in [-0.05, 0) is 41.8 Å². The van der Waals surface area contributed by atoms with Crippen LogP contribution in [0.2, 0.25) is 0 Å². The maximum Gasteiger partial charge on any atom is 0.573 e. The van der Waals surface area contributed by atoms with E-state index >= 15 is 0 Å². The fourth-order valence-electron chi connectivity index (χ4n) is 1.93. The molecule has 0 saturated heterocycles. The summed E-state index contributed by atoms with van der Waals surface area (Å²) in [5.74, 6) is 5.28. The van der Waals surface area contributed by atoms with Crippen LogP contribution < -0.4 is 16.0 Å². The summed E-state index contributed by atoms with van der Waals surface area (Å²) in [4.78, 5) is 3.92. The van der Waals surface area contributed by atoms with Gasteiger partial charge in [0.15, 0.2) is 0 Å². The Kier molecular flexibility index (Phi) is 4.77. The molecule has 0 spiro atoms. The number of halogens is 3. The number of aromatic nitrogens is 1. The van der Waals surface area contributed by atoms with Gasteiger partial charge in [-0.2, -0.15) is 0 Å². The molecule has 0 fully saturated rings. The van der Waals surface area contributed by atoms with Crippen LogP contribution in [-0.2, 0) is 6.42 Å². The van der Waals surface area contributed by atoms with Gasteiger partial charge in [-0.25, -0.2) is 0 Å². The van der Waals surface area contributed by atoms with E-state index in [1.54, 1.807) is 24.5 Å². The van der Waals surface area contributed by atoms with Crippen LogP contribution >= 0.6 is 0 Å². The summed E-state index contributed by atoms with van der Waals surface area (Å²) < 4.78 is 40.0. The highest BCUT2D eigenvalue weighted by molar-refractivity contribution is 5.29. The Morgan fingerprint density at radius 3 is 2.24 bits per heavy atom. The largest absolute Gasteiger partial charge is 0.573 e. The van der Waals surface area contributed by atoms with Crippen LogP contribution in [0.15, 0.2) is 48.8 Å². The molecular weight excluding hydrogens is 283 g/mol. The van der Waals surface area contributed by atoms with Crippen molar-refractivity contribution in [1.29, 1.82) is 0 Å². The summed E-state index contributed by atoms with van der Waals surface area (Å²) in [5.41, 5.74) is 4.47. The van der Waals surface area contributed by atoms with Gasteiger partial charge in [0.1, 0.15) is 5.75 Å². The molecule has 0 aliphatic rings. The van der Waals surface area contributed by atoms with Gasteiger partial charge in [0, 0.05) is 12.4 Å². The molecule has 21 heavy (non-hydrogen) atoms. The summed E-state index contributed by atoms with van der Waals surface area (Å²) in [6, 6.07) is 9.21. The van der Waals surface area contributed by atoms with Crippen LogP contribution in [-0.4, -0.2) is 11.3 Å². The number of pyridine rings is 1. The minimum Gasteiger partial charge on any atom is -0.406 e. The molecular formula is C14H14F3N3O. The molecule has 1 aromatic carbocycles. The van der Waals surface area contributed by atoms with Gasteiger partial charge in [0.05, 0.1) is 6.04 Å². The van der Waals surface area contributed by atoms with E-state index in [0.717, 1.165) is 11.1 Å². The second kappa shape index (κ2) is 6.55. The molecule has 0 radical (unpaired) electrons. The molecule has 3 N–H and O–H groups in total. The molecule has 0 amide bonds. The van der Waals surface area contributed by atoms with Crippen molar-refractivity contribution in [2.75, 3.05) is 0 Å². The highest BCUT2D eigenvalue weighted by atomic mass is 19.4. The predicted molar refractivity (Wildman–Crippen MR) is 71.1 cm³/mol. The van der Waals surface area contributed by atoms with Crippen molar-refractivity contribution in [3.05, 3.63) is 59.9 Å². The summed E-state index contributed by atoms with van der Waals surface area (Å²) in [6.45, 7) is 0. The summed E-state index contributed by atoms with van der Waals surface area (Å²) in [7, 11) is 0. The van der Waals surface area contributed by atoms with Crippen molar-refractivity contribution < 1.29 is 17.9 Å². The third-order valence-corrected chi connectivity index (χ3v) is 2.91. The normalized spacial score (nSPS) is 13.0. The zero-order chi connectivity index (χ0) is 15.3. The standard InChI is InChI=1S/C14H14F3N3O/c15-14(16,17)21-12-3-1-10(2-4-12)9-13(20-18)11-5-7-19-8-6-11/h1-8,13,20H,9,18H2. The number of benzene rings is 1. The number of hydrazine groups is 1. The lowest BCUT2D eigenvalue weighted by Gasteiger charge is -2.16. The fourth-order valence-corrected chi connectivity index (χ4v) is 1.93. The number of hydrogen-bond donors (Lipinski definition) is 2. The van der Waals surface area contributed by atoms with Crippen LogP contribution in [0, 0.1) is 0 Å². The van der Waals surface area contributed by atoms with Gasteiger partial charge in [-0.15, -0.1) is 13.2 Å². The molecule has 2 aromatic rings. The number of hydrogen-bond acceptors (Lipinski definition) is 4. The summed E-state index contributed by atoms with van der Waals surface area (Å²) in [6.07, 6.45) is -0.841. The van der Waals surface area contributed by atoms with Crippen molar-refractivity contribution >= 4 is 0 Å². The minimum absolute atomic E-state index is 0.151. The highest BCUT2D eigenvalue weighted by Gasteiger charge is 2.30.